The molecule has 3 rings (SSSR count). The van der Waals surface area contributed by atoms with Crippen LogP contribution in [0.3, 0.4) is 0 Å². The highest BCUT2D eigenvalue weighted by Crippen LogP contribution is 2.39. The van der Waals surface area contributed by atoms with Gasteiger partial charge in [0.2, 0.25) is 0 Å². The van der Waals surface area contributed by atoms with Crippen molar-refractivity contribution < 1.29 is 14.6 Å². The zero-order chi connectivity index (χ0) is 19.1. The Bertz CT molecular complexity index is 842. The molecule has 0 aromatic heterocycles. The van der Waals surface area contributed by atoms with Crippen LogP contribution in [-0.4, -0.2) is 11.7 Å². The monoisotopic (exact) mass is 362 g/mol. The molecule has 0 saturated heterocycles. The second-order valence-electron chi connectivity index (χ2n) is 7.22. The van der Waals surface area contributed by atoms with E-state index in [2.05, 4.69) is 0 Å². The maximum atomic E-state index is 9.86. The van der Waals surface area contributed by atoms with Crippen LogP contribution in [0, 0.1) is 0 Å². The summed E-state index contributed by atoms with van der Waals surface area (Å²) >= 11 is 0. The quantitative estimate of drug-likeness (QED) is 0.605. The first-order chi connectivity index (χ1) is 13.1. The smallest absolute Gasteiger partial charge is 0.165 e. The van der Waals surface area contributed by atoms with Gasteiger partial charge in [-0.2, -0.15) is 0 Å². The Morgan fingerprint density at radius 2 is 1.26 bits per heavy atom. The Kier molecular flexibility index (Phi) is 6.15. The highest BCUT2D eigenvalue weighted by Gasteiger charge is 2.26. The molecule has 0 heterocycles. The molecule has 0 unspecified atom stereocenters. The van der Waals surface area contributed by atoms with Crippen molar-refractivity contribution in [3.63, 3.8) is 0 Å². The minimum Gasteiger partial charge on any atom is -0.485 e. The molecule has 0 bridgehead atoms. The molecule has 0 aliphatic carbocycles. The van der Waals surface area contributed by atoms with Crippen molar-refractivity contribution in [2.45, 2.75) is 32.5 Å². The average molecular weight is 362 g/mol. The number of benzene rings is 3. The number of aliphatic hydroxyl groups is 1. The third-order valence-electron chi connectivity index (χ3n) is 4.57. The molecule has 0 atom stereocenters. The molecular weight excluding hydrogens is 336 g/mol. The summed E-state index contributed by atoms with van der Waals surface area (Å²) in [6, 6.07) is 25.9. The van der Waals surface area contributed by atoms with E-state index in [1.54, 1.807) is 0 Å². The van der Waals surface area contributed by atoms with Gasteiger partial charge in [0.15, 0.2) is 11.5 Å². The molecule has 27 heavy (non-hydrogen) atoms. The zero-order valence-electron chi connectivity index (χ0n) is 15.9. The molecule has 140 valence electrons. The summed E-state index contributed by atoms with van der Waals surface area (Å²) in [4.78, 5) is 0. The van der Waals surface area contributed by atoms with Gasteiger partial charge in [-0.05, 0) is 17.2 Å². The van der Waals surface area contributed by atoms with Crippen molar-refractivity contribution in [3.05, 3.63) is 95.6 Å². The van der Waals surface area contributed by atoms with E-state index in [1.165, 1.54) is 0 Å². The largest absolute Gasteiger partial charge is 0.485 e. The molecule has 3 aromatic carbocycles. The van der Waals surface area contributed by atoms with Crippen LogP contribution in [0.1, 0.15) is 30.5 Å². The summed E-state index contributed by atoms with van der Waals surface area (Å²) in [5.41, 5.74) is 2.69. The lowest BCUT2D eigenvalue weighted by Crippen LogP contribution is -2.23. The molecule has 3 nitrogen and oxygen atoms in total. The number of hydrogen-bond acceptors (Lipinski definition) is 3. The molecule has 0 saturated carbocycles. The first kappa shape index (κ1) is 19.0. The number of aliphatic hydroxyl groups excluding tert-OH is 1. The lowest BCUT2D eigenvalue weighted by atomic mass is 9.84. The minimum atomic E-state index is -0.432. The van der Waals surface area contributed by atoms with Gasteiger partial charge < -0.3 is 14.6 Å². The minimum absolute atomic E-state index is 0.0246. The summed E-state index contributed by atoms with van der Waals surface area (Å²) in [5, 5.41) is 9.86. The number of rotatable bonds is 8. The number of ether oxygens (including phenoxy) is 2. The maximum absolute atomic E-state index is 9.86. The van der Waals surface area contributed by atoms with Crippen molar-refractivity contribution in [2.75, 3.05) is 6.61 Å². The van der Waals surface area contributed by atoms with E-state index >= 15 is 0 Å². The molecule has 0 radical (unpaired) electrons. The summed E-state index contributed by atoms with van der Waals surface area (Å²) in [6.07, 6.45) is 0. The Morgan fingerprint density at radius 1 is 0.704 bits per heavy atom. The van der Waals surface area contributed by atoms with Gasteiger partial charge in [0.25, 0.3) is 0 Å². The fourth-order valence-electron chi connectivity index (χ4n) is 2.86. The van der Waals surface area contributed by atoms with Crippen molar-refractivity contribution in [1.29, 1.82) is 0 Å². The molecular formula is C24H26O3. The predicted octanol–water partition coefficient (Wildman–Crippen LogP) is 5.11. The van der Waals surface area contributed by atoms with Crippen LogP contribution in [0.4, 0.5) is 0 Å². The second-order valence-corrected chi connectivity index (χ2v) is 7.22. The first-order valence-corrected chi connectivity index (χ1v) is 9.18. The molecule has 3 heteroatoms. The SMILES string of the molecule is CC(C)(CO)c1cccc(OCc2ccccc2)c1OCc1ccccc1. The van der Waals surface area contributed by atoms with Crippen molar-refractivity contribution >= 4 is 0 Å². The van der Waals surface area contributed by atoms with Crippen LogP contribution in [0.15, 0.2) is 78.9 Å². The number of para-hydroxylation sites is 1. The maximum Gasteiger partial charge on any atom is 0.165 e. The molecule has 0 spiro atoms. The van der Waals surface area contributed by atoms with Crippen LogP contribution in [-0.2, 0) is 18.6 Å². The van der Waals surface area contributed by atoms with Crippen molar-refractivity contribution in [2.24, 2.45) is 0 Å². The van der Waals surface area contributed by atoms with Crippen molar-refractivity contribution in [1.82, 2.24) is 0 Å². The van der Waals surface area contributed by atoms with Gasteiger partial charge in [-0.25, -0.2) is 0 Å². The van der Waals surface area contributed by atoms with E-state index in [9.17, 15) is 5.11 Å². The van der Waals surface area contributed by atoms with E-state index < -0.39 is 5.41 Å². The van der Waals surface area contributed by atoms with Crippen molar-refractivity contribution in [3.8, 4) is 11.5 Å². The van der Waals surface area contributed by atoms with Gasteiger partial charge in [-0.1, -0.05) is 86.6 Å². The van der Waals surface area contributed by atoms with Crippen LogP contribution in [0.2, 0.25) is 0 Å². The summed E-state index contributed by atoms with van der Waals surface area (Å²) in [5.74, 6) is 1.38. The third-order valence-corrected chi connectivity index (χ3v) is 4.57. The average Bonchev–Trinajstić information content (AvgIpc) is 2.72. The van der Waals surface area contributed by atoms with Crippen LogP contribution in [0.25, 0.3) is 0 Å². The van der Waals surface area contributed by atoms with Crippen LogP contribution < -0.4 is 9.47 Å². The van der Waals surface area contributed by atoms with E-state index in [4.69, 9.17) is 9.47 Å². The lowest BCUT2D eigenvalue weighted by Gasteiger charge is -2.26. The van der Waals surface area contributed by atoms with E-state index in [0.717, 1.165) is 16.7 Å². The van der Waals surface area contributed by atoms with E-state index in [-0.39, 0.29) is 6.61 Å². The standard InChI is InChI=1S/C24H26O3/c1-24(2,18-25)21-14-9-15-22(26-16-19-10-5-3-6-11-19)23(21)27-17-20-12-7-4-8-13-20/h3-15,25H,16-18H2,1-2H3. The van der Waals surface area contributed by atoms with Gasteiger partial charge in [0, 0.05) is 11.0 Å². The Labute approximate surface area is 161 Å². The summed E-state index contributed by atoms with van der Waals surface area (Å²) in [6.45, 7) is 4.93. The molecule has 1 N–H and O–H groups in total. The predicted molar refractivity (Wildman–Crippen MR) is 108 cm³/mol. The van der Waals surface area contributed by atoms with Gasteiger partial charge in [0.1, 0.15) is 13.2 Å². The second kappa shape index (κ2) is 8.74. The van der Waals surface area contributed by atoms with Gasteiger partial charge in [-0.3, -0.25) is 0 Å². The highest BCUT2D eigenvalue weighted by atomic mass is 16.5. The molecule has 3 aromatic rings. The van der Waals surface area contributed by atoms with Crippen LogP contribution in [0.5, 0.6) is 11.5 Å². The van der Waals surface area contributed by atoms with Gasteiger partial charge in [0.05, 0.1) is 6.61 Å². The molecule has 0 fully saturated rings. The summed E-state index contributed by atoms with van der Waals surface area (Å²) in [7, 11) is 0. The van der Waals surface area contributed by atoms with E-state index in [1.807, 2.05) is 92.7 Å². The normalized spacial score (nSPS) is 11.2. The molecule has 0 aliphatic heterocycles. The first-order valence-electron chi connectivity index (χ1n) is 9.18. The Hall–Kier alpha value is -2.78. The fraction of sp³-hybridized carbons (Fsp3) is 0.250. The molecule has 0 amide bonds. The lowest BCUT2D eigenvalue weighted by molar-refractivity contribution is 0.206. The van der Waals surface area contributed by atoms with E-state index in [0.29, 0.717) is 24.7 Å². The third kappa shape index (κ3) is 4.89. The Morgan fingerprint density at radius 3 is 1.81 bits per heavy atom. The molecule has 0 aliphatic rings. The highest BCUT2D eigenvalue weighted by molar-refractivity contribution is 5.50. The Balaban J connectivity index is 1.87. The van der Waals surface area contributed by atoms with Gasteiger partial charge in [-0.15, -0.1) is 0 Å². The topological polar surface area (TPSA) is 38.7 Å². The van der Waals surface area contributed by atoms with Gasteiger partial charge >= 0.3 is 0 Å². The van der Waals surface area contributed by atoms with Crippen LogP contribution >= 0.6 is 0 Å². The summed E-state index contributed by atoms with van der Waals surface area (Å²) < 4.78 is 12.3. The number of hydrogen-bond donors (Lipinski definition) is 1. The zero-order valence-corrected chi connectivity index (χ0v) is 15.9. The fourth-order valence-corrected chi connectivity index (χ4v) is 2.86.